The van der Waals surface area contributed by atoms with E-state index < -0.39 is 0 Å². The van der Waals surface area contributed by atoms with E-state index in [0.29, 0.717) is 5.92 Å². The second-order valence-corrected chi connectivity index (χ2v) is 5.25. The normalized spacial score (nSPS) is 13.1. The Hall–Kier alpha value is -0.410. The second-order valence-electron chi connectivity index (χ2n) is 4.33. The molecule has 84 valence electrons. The maximum absolute atomic E-state index is 9.72. The van der Waals surface area contributed by atoms with Gasteiger partial charge in [-0.25, -0.2) is 0 Å². The van der Waals surface area contributed by atoms with E-state index in [4.69, 9.17) is 0 Å². The summed E-state index contributed by atoms with van der Waals surface area (Å²) in [5, 5.41) is 9.72. The maximum atomic E-state index is 9.72. The number of rotatable bonds is 5. The van der Waals surface area contributed by atoms with E-state index in [0.717, 1.165) is 23.7 Å². The van der Waals surface area contributed by atoms with Crippen molar-refractivity contribution < 1.29 is 5.11 Å². The van der Waals surface area contributed by atoms with Crippen molar-refractivity contribution in [3.8, 4) is 0 Å². The number of aliphatic hydroxyl groups excluding tert-OH is 1. The zero-order valence-corrected chi connectivity index (χ0v) is 10.9. The Balaban J connectivity index is 2.36. The molecule has 0 fully saturated rings. The summed E-state index contributed by atoms with van der Waals surface area (Å²) in [6.45, 7) is 4.26. The third-order valence-corrected chi connectivity index (χ3v) is 2.70. The Morgan fingerprint density at radius 3 is 2.73 bits per heavy atom. The number of hydrogen-bond acceptors (Lipinski definition) is 2. The SMILES string of the molecule is CC(C)CC(O)CCc1cncc(Br)c1. The molecular formula is C12H18BrNO. The Bertz CT molecular complexity index is 301. The van der Waals surface area contributed by atoms with Gasteiger partial charge in [0.1, 0.15) is 0 Å². The van der Waals surface area contributed by atoms with E-state index in [-0.39, 0.29) is 6.10 Å². The highest BCUT2D eigenvalue weighted by Crippen LogP contribution is 2.14. The van der Waals surface area contributed by atoms with Gasteiger partial charge in [-0.05, 0) is 52.7 Å². The topological polar surface area (TPSA) is 33.1 Å². The highest BCUT2D eigenvalue weighted by molar-refractivity contribution is 9.10. The molecule has 0 aliphatic heterocycles. The van der Waals surface area contributed by atoms with Crippen LogP contribution in [0.25, 0.3) is 0 Å². The van der Waals surface area contributed by atoms with Gasteiger partial charge >= 0.3 is 0 Å². The number of aryl methyl sites for hydroxylation is 1. The first kappa shape index (κ1) is 12.7. The fourth-order valence-corrected chi connectivity index (χ4v) is 2.00. The zero-order chi connectivity index (χ0) is 11.3. The van der Waals surface area contributed by atoms with E-state index in [1.165, 1.54) is 5.56 Å². The van der Waals surface area contributed by atoms with Gasteiger partial charge in [0.15, 0.2) is 0 Å². The molecule has 3 heteroatoms. The predicted octanol–water partition coefficient (Wildman–Crippen LogP) is 3.18. The lowest BCUT2D eigenvalue weighted by Gasteiger charge is -2.12. The van der Waals surface area contributed by atoms with Crippen LogP contribution in [0.2, 0.25) is 0 Å². The molecule has 0 aliphatic rings. The molecule has 1 aromatic heterocycles. The second kappa shape index (κ2) is 6.23. The molecule has 1 heterocycles. The van der Waals surface area contributed by atoms with Gasteiger partial charge in [0.2, 0.25) is 0 Å². The Kier molecular flexibility index (Phi) is 5.26. The van der Waals surface area contributed by atoms with E-state index in [9.17, 15) is 5.11 Å². The van der Waals surface area contributed by atoms with Crippen LogP contribution >= 0.6 is 15.9 Å². The van der Waals surface area contributed by atoms with Gasteiger partial charge in [0.25, 0.3) is 0 Å². The molecule has 0 amide bonds. The van der Waals surface area contributed by atoms with Crippen molar-refractivity contribution in [3.05, 3.63) is 28.5 Å². The minimum Gasteiger partial charge on any atom is -0.393 e. The van der Waals surface area contributed by atoms with E-state index in [1.54, 1.807) is 6.20 Å². The molecule has 1 rings (SSSR count). The maximum Gasteiger partial charge on any atom is 0.0545 e. The summed E-state index contributed by atoms with van der Waals surface area (Å²) in [7, 11) is 0. The molecule has 0 aromatic carbocycles. The minimum absolute atomic E-state index is 0.191. The van der Waals surface area contributed by atoms with Crippen molar-refractivity contribution in [2.75, 3.05) is 0 Å². The van der Waals surface area contributed by atoms with E-state index in [1.807, 2.05) is 6.20 Å². The summed E-state index contributed by atoms with van der Waals surface area (Å²) >= 11 is 3.38. The van der Waals surface area contributed by atoms with Crippen LogP contribution in [0.5, 0.6) is 0 Å². The van der Waals surface area contributed by atoms with Crippen molar-refractivity contribution >= 4 is 15.9 Å². The first-order chi connectivity index (χ1) is 7.08. The smallest absolute Gasteiger partial charge is 0.0545 e. The van der Waals surface area contributed by atoms with Gasteiger partial charge in [-0.15, -0.1) is 0 Å². The molecule has 0 radical (unpaired) electrons. The van der Waals surface area contributed by atoms with Gasteiger partial charge in [-0.1, -0.05) is 13.8 Å². The largest absolute Gasteiger partial charge is 0.393 e. The van der Waals surface area contributed by atoms with Crippen molar-refractivity contribution in [1.29, 1.82) is 0 Å². The van der Waals surface area contributed by atoms with Crippen molar-refractivity contribution in [2.45, 2.75) is 39.2 Å². The van der Waals surface area contributed by atoms with Crippen molar-refractivity contribution in [2.24, 2.45) is 5.92 Å². The minimum atomic E-state index is -0.191. The lowest BCUT2D eigenvalue weighted by molar-refractivity contribution is 0.139. The molecular weight excluding hydrogens is 254 g/mol. The summed E-state index contributed by atoms with van der Waals surface area (Å²) in [6.07, 6.45) is 6.02. The first-order valence-corrected chi connectivity index (χ1v) is 6.14. The lowest BCUT2D eigenvalue weighted by atomic mass is 10.0. The number of aromatic nitrogens is 1. The molecule has 1 N–H and O–H groups in total. The van der Waals surface area contributed by atoms with Crippen LogP contribution < -0.4 is 0 Å². The number of halogens is 1. The molecule has 1 aromatic rings. The standard InChI is InChI=1S/C12H18BrNO/c1-9(2)5-12(15)4-3-10-6-11(13)8-14-7-10/h6-9,12,15H,3-5H2,1-2H3. The third-order valence-electron chi connectivity index (χ3n) is 2.27. The number of nitrogens with zero attached hydrogens (tertiary/aromatic N) is 1. The fourth-order valence-electron chi connectivity index (χ4n) is 1.59. The van der Waals surface area contributed by atoms with Crippen LogP contribution in [0.1, 0.15) is 32.3 Å². The van der Waals surface area contributed by atoms with Crippen LogP contribution in [-0.4, -0.2) is 16.2 Å². The molecule has 2 nitrogen and oxygen atoms in total. The Morgan fingerprint density at radius 1 is 1.40 bits per heavy atom. The molecule has 15 heavy (non-hydrogen) atoms. The number of aliphatic hydroxyl groups is 1. The summed E-state index contributed by atoms with van der Waals surface area (Å²) < 4.78 is 0.998. The van der Waals surface area contributed by atoms with Gasteiger partial charge in [-0.3, -0.25) is 4.98 Å². The third kappa shape index (κ3) is 5.28. The van der Waals surface area contributed by atoms with Gasteiger partial charge in [0, 0.05) is 16.9 Å². The van der Waals surface area contributed by atoms with Crippen LogP contribution in [-0.2, 0) is 6.42 Å². The van der Waals surface area contributed by atoms with Crippen molar-refractivity contribution in [1.82, 2.24) is 4.98 Å². The molecule has 0 spiro atoms. The van der Waals surface area contributed by atoms with Gasteiger partial charge in [-0.2, -0.15) is 0 Å². The van der Waals surface area contributed by atoms with Crippen LogP contribution in [0.3, 0.4) is 0 Å². The molecule has 0 saturated heterocycles. The average molecular weight is 272 g/mol. The monoisotopic (exact) mass is 271 g/mol. The summed E-state index contributed by atoms with van der Waals surface area (Å²) in [5.74, 6) is 0.556. The van der Waals surface area contributed by atoms with Gasteiger partial charge < -0.3 is 5.11 Å². The highest BCUT2D eigenvalue weighted by Gasteiger charge is 2.07. The van der Waals surface area contributed by atoms with Gasteiger partial charge in [0.05, 0.1) is 6.10 Å². The Labute approximate surface area is 99.9 Å². The zero-order valence-electron chi connectivity index (χ0n) is 9.28. The van der Waals surface area contributed by atoms with E-state index >= 15 is 0 Å². The van der Waals surface area contributed by atoms with Crippen LogP contribution in [0.4, 0.5) is 0 Å². The predicted molar refractivity (Wildman–Crippen MR) is 65.7 cm³/mol. The first-order valence-electron chi connectivity index (χ1n) is 5.35. The summed E-state index contributed by atoms with van der Waals surface area (Å²) in [4.78, 5) is 4.09. The summed E-state index contributed by atoms with van der Waals surface area (Å²) in [6, 6.07) is 2.05. The summed E-state index contributed by atoms with van der Waals surface area (Å²) in [5.41, 5.74) is 1.17. The Morgan fingerprint density at radius 2 is 2.13 bits per heavy atom. The fraction of sp³-hybridized carbons (Fsp3) is 0.583. The molecule has 0 bridgehead atoms. The van der Waals surface area contributed by atoms with Crippen LogP contribution in [0.15, 0.2) is 22.9 Å². The number of pyridine rings is 1. The molecule has 0 saturated carbocycles. The van der Waals surface area contributed by atoms with E-state index in [2.05, 4.69) is 40.8 Å². The molecule has 1 atom stereocenters. The number of hydrogen-bond donors (Lipinski definition) is 1. The average Bonchev–Trinajstić information content (AvgIpc) is 2.14. The molecule has 1 unspecified atom stereocenters. The molecule has 0 aliphatic carbocycles. The lowest BCUT2D eigenvalue weighted by Crippen LogP contribution is -2.11. The quantitative estimate of drug-likeness (QED) is 0.893. The highest BCUT2D eigenvalue weighted by atomic mass is 79.9. The van der Waals surface area contributed by atoms with Crippen molar-refractivity contribution in [3.63, 3.8) is 0 Å². The van der Waals surface area contributed by atoms with Crippen LogP contribution in [0, 0.1) is 5.92 Å².